The van der Waals surface area contributed by atoms with E-state index < -0.39 is 0 Å². The quantitative estimate of drug-likeness (QED) is 0.445. The summed E-state index contributed by atoms with van der Waals surface area (Å²) in [7, 11) is 0. The van der Waals surface area contributed by atoms with Gasteiger partial charge in [-0.25, -0.2) is 4.99 Å². The SMILES string of the molecule is C=CC=NC(C)=O. The van der Waals surface area contributed by atoms with Crippen LogP contribution in [0, 0.1) is 0 Å². The molecule has 0 saturated carbocycles. The van der Waals surface area contributed by atoms with Crippen LogP contribution < -0.4 is 0 Å². The first kappa shape index (κ1) is 6.08. The molecule has 0 aromatic rings. The Morgan fingerprint density at radius 2 is 2.43 bits per heavy atom. The van der Waals surface area contributed by atoms with Crippen molar-refractivity contribution in [2.75, 3.05) is 0 Å². The van der Waals surface area contributed by atoms with E-state index in [4.69, 9.17) is 0 Å². The number of carbonyl (C=O) groups is 1. The molecule has 0 saturated heterocycles. The summed E-state index contributed by atoms with van der Waals surface area (Å²) in [6.07, 6.45) is 2.82. The van der Waals surface area contributed by atoms with E-state index >= 15 is 0 Å². The molecule has 0 aliphatic heterocycles. The standard InChI is InChI=1S/C5H7NO/c1-3-4-6-5(2)7/h3-4H,1H2,2H3. The average Bonchev–Trinajstić information content (AvgIpc) is 1.61. The predicted octanol–water partition coefficient (Wildman–Crippen LogP) is 0.790. The number of nitrogens with zero attached hydrogens (tertiary/aromatic N) is 1. The van der Waals surface area contributed by atoms with Gasteiger partial charge in [0.2, 0.25) is 5.91 Å². The summed E-state index contributed by atoms with van der Waals surface area (Å²) >= 11 is 0. The molecule has 0 rings (SSSR count). The van der Waals surface area contributed by atoms with Gasteiger partial charge in [-0.05, 0) is 0 Å². The normalized spacial score (nSPS) is 9.29. The van der Waals surface area contributed by atoms with Gasteiger partial charge in [0.05, 0.1) is 0 Å². The van der Waals surface area contributed by atoms with E-state index in [2.05, 4.69) is 11.6 Å². The number of carbonyl (C=O) groups excluding carboxylic acids is 1. The Morgan fingerprint density at radius 3 is 2.57 bits per heavy atom. The van der Waals surface area contributed by atoms with Gasteiger partial charge in [0.1, 0.15) is 0 Å². The van der Waals surface area contributed by atoms with Gasteiger partial charge < -0.3 is 0 Å². The lowest BCUT2D eigenvalue weighted by Crippen LogP contribution is -1.79. The van der Waals surface area contributed by atoms with Crippen LogP contribution >= 0.6 is 0 Å². The lowest BCUT2D eigenvalue weighted by molar-refractivity contribution is -0.115. The van der Waals surface area contributed by atoms with Crippen molar-refractivity contribution in [3.05, 3.63) is 12.7 Å². The third-order valence-corrected chi connectivity index (χ3v) is 0.362. The second-order valence-corrected chi connectivity index (χ2v) is 1.03. The fourth-order valence-electron chi connectivity index (χ4n) is 0.158. The maximum absolute atomic E-state index is 9.96. The molecule has 0 radical (unpaired) electrons. The van der Waals surface area contributed by atoms with E-state index in [0.717, 1.165) is 0 Å². The van der Waals surface area contributed by atoms with Gasteiger partial charge in [0.15, 0.2) is 0 Å². The highest BCUT2D eigenvalue weighted by atomic mass is 16.1. The zero-order chi connectivity index (χ0) is 5.70. The Kier molecular flexibility index (Phi) is 2.85. The van der Waals surface area contributed by atoms with Crippen molar-refractivity contribution in [3.63, 3.8) is 0 Å². The first-order valence-corrected chi connectivity index (χ1v) is 1.93. The number of hydrogen-bond donors (Lipinski definition) is 0. The molecule has 2 heteroatoms. The molecule has 38 valence electrons. The summed E-state index contributed by atoms with van der Waals surface area (Å²) < 4.78 is 0. The first-order valence-electron chi connectivity index (χ1n) is 1.93. The van der Waals surface area contributed by atoms with E-state index in [0.29, 0.717) is 0 Å². The molecule has 0 heterocycles. The van der Waals surface area contributed by atoms with Crippen LogP contribution in [0.15, 0.2) is 17.6 Å². The van der Waals surface area contributed by atoms with Gasteiger partial charge in [0.25, 0.3) is 0 Å². The van der Waals surface area contributed by atoms with Crippen LogP contribution in [0.3, 0.4) is 0 Å². The van der Waals surface area contributed by atoms with Crippen LogP contribution in [0.25, 0.3) is 0 Å². The van der Waals surface area contributed by atoms with Gasteiger partial charge in [0, 0.05) is 13.1 Å². The molecule has 0 atom stereocenters. The van der Waals surface area contributed by atoms with Crippen LogP contribution in [0.2, 0.25) is 0 Å². The third kappa shape index (κ3) is 5.08. The van der Waals surface area contributed by atoms with Crippen LogP contribution in [0.5, 0.6) is 0 Å². The van der Waals surface area contributed by atoms with Crippen LogP contribution in [0.1, 0.15) is 6.92 Å². The van der Waals surface area contributed by atoms with Gasteiger partial charge >= 0.3 is 0 Å². The highest BCUT2D eigenvalue weighted by Crippen LogP contribution is 1.66. The zero-order valence-electron chi connectivity index (χ0n) is 4.22. The molecule has 0 unspecified atom stereocenters. The molecule has 0 aliphatic carbocycles. The second-order valence-electron chi connectivity index (χ2n) is 1.03. The number of allylic oxidation sites excluding steroid dienone is 1. The Hall–Kier alpha value is -0.920. The van der Waals surface area contributed by atoms with Gasteiger partial charge in [-0.15, -0.1) is 0 Å². The van der Waals surface area contributed by atoms with E-state index in [1.807, 2.05) is 0 Å². The molecule has 7 heavy (non-hydrogen) atoms. The van der Waals surface area contributed by atoms with Crippen LogP contribution in [-0.4, -0.2) is 12.1 Å². The average molecular weight is 97.1 g/mol. The van der Waals surface area contributed by atoms with Crippen LogP contribution in [0.4, 0.5) is 0 Å². The smallest absolute Gasteiger partial charge is 0.242 e. The molecule has 0 aromatic heterocycles. The summed E-state index contributed by atoms with van der Waals surface area (Å²) in [4.78, 5) is 13.3. The topological polar surface area (TPSA) is 29.4 Å². The fraction of sp³-hybridized carbons (Fsp3) is 0.200. The molecular weight excluding hydrogens is 90.1 g/mol. The van der Waals surface area contributed by atoms with Crippen molar-refractivity contribution in [3.8, 4) is 0 Å². The number of rotatable bonds is 1. The molecule has 0 aliphatic rings. The Bertz CT molecular complexity index is 105. The van der Waals surface area contributed by atoms with Gasteiger partial charge in [-0.2, -0.15) is 0 Å². The summed E-state index contributed by atoms with van der Waals surface area (Å²) in [5.41, 5.74) is 0. The van der Waals surface area contributed by atoms with Crippen molar-refractivity contribution in [2.45, 2.75) is 6.92 Å². The molecule has 0 bridgehead atoms. The van der Waals surface area contributed by atoms with Gasteiger partial charge in [-0.1, -0.05) is 12.7 Å². The largest absolute Gasteiger partial charge is 0.273 e. The third-order valence-electron chi connectivity index (χ3n) is 0.362. The summed E-state index contributed by atoms with van der Waals surface area (Å²) in [5, 5.41) is 0. The maximum atomic E-state index is 9.96. The molecule has 0 spiro atoms. The van der Waals surface area contributed by atoms with Gasteiger partial charge in [-0.3, -0.25) is 4.79 Å². The minimum absolute atomic E-state index is 0.195. The van der Waals surface area contributed by atoms with E-state index in [-0.39, 0.29) is 5.91 Å². The minimum atomic E-state index is -0.195. The second kappa shape index (κ2) is 3.28. The van der Waals surface area contributed by atoms with Crippen molar-refractivity contribution < 1.29 is 4.79 Å². The summed E-state index contributed by atoms with van der Waals surface area (Å²) in [5.74, 6) is -0.195. The Labute approximate surface area is 42.6 Å². The molecule has 0 fully saturated rings. The summed E-state index contributed by atoms with van der Waals surface area (Å²) in [6, 6.07) is 0. The molecule has 2 nitrogen and oxygen atoms in total. The van der Waals surface area contributed by atoms with Crippen molar-refractivity contribution in [2.24, 2.45) is 4.99 Å². The lowest BCUT2D eigenvalue weighted by atomic mass is 10.7. The zero-order valence-corrected chi connectivity index (χ0v) is 4.22. The van der Waals surface area contributed by atoms with E-state index in [1.54, 1.807) is 0 Å². The molecular formula is C5H7NO. The van der Waals surface area contributed by atoms with Crippen molar-refractivity contribution in [1.29, 1.82) is 0 Å². The monoisotopic (exact) mass is 97.1 g/mol. The summed E-state index contributed by atoms with van der Waals surface area (Å²) in [6.45, 7) is 4.72. The van der Waals surface area contributed by atoms with Crippen molar-refractivity contribution >= 4 is 12.1 Å². The maximum Gasteiger partial charge on any atom is 0.242 e. The van der Waals surface area contributed by atoms with Crippen molar-refractivity contribution in [1.82, 2.24) is 0 Å². The molecule has 1 amide bonds. The predicted molar refractivity (Wildman–Crippen MR) is 29.4 cm³/mol. The highest BCUT2D eigenvalue weighted by molar-refractivity contribution is 5.86. The van der Waals surface area contributed by atoms with E-state index in [1.165, 1.54) is 19.2 Å². The van der Waals surface area contributed by atoms with E-state index in [9.17, 15) is 4.79 Å². The molecule has 0 aromatic carbocycles. The Morgan fingerprint density at radius 1 is 1.86 bits per heavy atom. The first-order chi connectivity index (χ1) is 3.27. The lowest BCUT2D eigenvalue weighted by Gasteiger charge is -1.71. The minimum Gasteiger partial charge on any atom is -0.273 e. The number of aliphatic imine (C=N–C) groups is 1. The number of hydrogen-bond acceptors (Lipinski definition) is 1. The Balaban J connectivity index is 3.46. The highest BCUT2D eigenvalue weighted by Gasteiger charge is 1.74. The van der Waals surface area contributed by atoms with Crippen LogP contribution in [-0.2, 0) is 4.79 Å². The fourth-order valence-corrected chi connectivity index (χ4v) is 0.158. The number of amides is 1. The molecule has 0 N–H and O–H groups in total.